The summed E-state index contributed by atoms with van der Waals surface area (Å²) < 4.78 is 0. The fourth-order valence-electron chi connectivity index (χ4n) is 2.76. The minimum absolute atomic E-state index is 0.0481. The monoisotopic (exact) mass is 404 g/mol. The maximum atomic E-state index is 12.6. The van der Waals surface area contributed by atoms with Crippen LogP contribution in [0.3, 0.4) is 0 Å². The van der Waals surface area contributed by atoms with Crippen LogP contribution in [0.15, 0.2) is 58.5 Å². The fraction of sp³-hybridized carbons (Fsp3) is 0.182. The minimum Gasteiger partial charge on any atom is -0.325 e. The maximum Gasteiger partial charge on any atom is 0.270 e. The Morgan fingerprint density at radius 1 is 1.17 bits per heavy atom. The molecule has 146 valence electrons. The van der Waals surface area contributed by atoms with Crippen molar-refractivity contribution in [2.75, 3.05) is 5.32 Å². The van der Waals surface area contributed by atoms with Crippen molar-refractivity contribution in [2.45, 2.75) is 31.2 Å². The summed E-state index contributed by atoms with van der Waals surface area (Å²) in [6, 6.07) is 16.7. The van der Waals surface area contributed by atoms with Crippen LogP contribution < -0.4 is 10.9 Å². The van der Waals surface area contributed by atoms with Gasteiger partial charge in [-0.2, -0.15) is 5.26 Å². The fourth-order valence-corrected chi connectivity index (χ4v) is 3.56. The number of carbonyl (C=O) groups is 1. The van der Waals surface area contributed by atoms with Crippen LogP contribution in [0, 0.1) is 25.2 Å². The van der Waals surface area contributed by atoms with E-state index in [4.69, 9.17) is 0 Å². The highest BCUT2D eigenvalue weighted by molar-refractivity contribution is 8.00. The third-order valence-corrected chi connectivity index (χ3v) is 5.56. The number of rotatable bonds is 5. The molecule has 3 aromatic rings. The lowest BCUT2D eigenvalue weighted by Crippen LogP contribution is -2.24. The second-order valence-electron chi connectivity index (χ2n) is 6.57. The molecule has 2 N–H and O–H groups in total. The number of anilines is 1. The van der Waals surface area contributed by atoms with Crippen LogP contribution in [-0.2, 0) is 4.79 Å². The summed E-state index contributed by atoms with van der Waals surface area (Å²) in [5.41, 5.74) is 3.27. The molecule has 1 heterocycles. The zero-order valence-corrected chi connectivity index (χ0v) is 17.1. The van der Waals surface area contributed by atoms with Gasteiger partial charge in [-0.25, -0.2) is 4.98 Å². The number of amides is 1. The number of aryl methyl sites for hydroxylation is 1. The van der Waals surface area contributed by atoms with Gasteiger partial charge in [0.05, 0.1) is 10.9 Å². The molecule has 0 aliphatic carbocycles. The highest BCUT2D eigenvalue weighted by Crippen LogP contribution is 2.25. The summed E-state index contributed by atoms with van der Waals surface area (Å²) in [6.07, 6.45) is 0. The molecule has 0 aliphatic rings. The highest BCUT2D eigenvalue weighted by atomic mass is 32.2. The highest BCUT2D eigenvalue weighted by Gasteiger charge is 2.19. The van der Waals surface area contributed by atoms with Crippen LogP contribution in [0.1, 0.15) is 23.6 Å². The summed E-state index contributed by atoms with van der Waals surface area (Å²) in [4.78, 5) is 32.0. The van der Waals surface area contributed by atoms with Crippen molar-refractivity contribution in [1.82, 2.24) is 9.97 Å². The quantitative estimate of drug-likeness (QED) is 0.494. The van der Waals surface area contributed by atoms with Crippen molar-refractivity contribution < 1.29 is 4.79 Å². The van der Waals surface area contributed by atoms with Crippen LogP contribution in [0.5, 0.6) is 0 Å². The maximum absolute atomic E-state index is 12.6. The minimum atomic E-state index is -0.522. The lowest BCUT2D eigenvalue weighted by Gasteiger charge is -2.14. The summed E-state index contributed by atoms with van der Waals surface area (Å²) >= 11 is 1.14. The summed E-state index contributed by atoms with van der Waals surface area (Å²) in [7, 11) is 0. The molecule has 0 fully saturated rings. The SMILES string of the molecule is Cc1cccc(NC(=O)[C@@H](C)Sc2nc(-c3ccccc3)c(C#N)c(=O)[nH]2)c1C. The van der Waals surface area contributed by atoms with Gasteiger partial charge in [-0.3, -0.25) is 9.59 Å². The van der Waals surface area contributed by atoms with Gasteiger partial charge in [-0.05, 0) is 38.0 Å². The first-order valence-electron chi connectivity index (χ1n) is 9.04. The van der Waals surface area contributed by atoms with Crippen molar-refractivity contribution in [3.05, 3.63) is 75.6 Å². The molecule has 0 saturated carbocycles. The van der Waals surface area contributed by atoms with E-state index in [1.165, 1.54) is 0 Å². The van der Waals surface area contributed by atoms with Gasteiger partial charge in [0.1, 0.15) is 11.6 Å². The molecule has 0 unspecified atom stereocenters. The van der Waals surface area contributed by atoms with Crippen LogP contribution in [0.25, 0.3) is 11.3 Å². The predicted octanol–water partition coefficient (Wildman–Crippen LogP) is 4.04. The average Bonchev–Trinajstić information content (AvgIpc) is 2.71. The van der Waals surface area contributed by atoms with Crippen molar-refractivity contribution in [3.63, 3.8) is 0 Å². The second kappa shape index (κ2) is 8.76. The van der Waals surface area contributed by atoms with E-state index >= 15 is 0 Å². The largest absolute Gasteiger partial charge is 0.325 e. The third-order valence-electron chi connectivity index (χ3n) is 4.58. The second-order valence-corrected chi connectivity index (χ2v) is 7.90. The number of aromatic nitrogens is 2. The van der Waals surface area contributed by atoms with Crippen molar-refractivity contribution in [1.29, 1.82) is 5.26 Å². The molecule has 1 atom stereocenters. The standard InChI is InChI=1S/C22H20N4O2S/c1-13-8-7-11-18(14(13)2)24-20(27)15(3)29-22-25-19(16-9-5-4-6-10-16)17(12-23)21(28)26-22/h4-11,15H,1-3H3,(H,24,27)(H,25,26,28)/t15-/m1/s1. The number of thioether (sulfide) groups is 1. The van der Waals surface area contributed by atoms with Gasteiger partial charge in [0.15, 0.2) is 5.16 Å². The molecule has 0 saturated heterocycles. The molecular formula is C22H20N4O2S. The molecule has 1 aromatic heterocycles. The van der Waals surface area contributed by atoms with E-state index < -0.39 is 10.8 Å². The Bertz CT molecular complexity index is 1150. The Labute approximate surface area is 173 Å². The van der Waals surface area contributed by atoms with Crippen LogP contribution in [0.4, 0.5) is 5.69 Å². The molecule has 1 amide bonds. The number of H-pyrrole nitrogens is 1. The number of nitrogens with one attached hydrogen (secondary N) is 2. The molecule has 29 heavy (non-hydrogen) atoms. The van der Waals surface area contributed by atoms with Gasteiger partial charge in [-0.15, -0.1) is 0 Å². The van der Waals surface area contributed by atoms with Crippen molar-refractivity contribution >= 4 is 23.4 Å². The van der Waals surface area contributed by atoms with Crippen LogP contribution >= 0.6 is 11.8 Å². The predicted molar refractivity (Wildman–Crippen MR) is 115 cm³/mol. The number of carbonyl (C=O) groups excluding carboxylic acids is 1. The van der Waals surface area contributed by atoms with E-state index in [9.17, 15) is 14.9 Å². The lowest BCUT2D eigenvalue weighted by molar-refractivity contribution is -0.115. The van der Waals surface area contributed by atoms with Gasteiger partial charge in [-0.1, -0.05) is 54.2 Å². The lowest BCUT2D eigenvalue weighted by atomic mass is 10.1. The van der Waals surface area contributed by atoms with Crippen LogP contribution in [-0.4, -0.2) is 21.1 Å². The zero-order chi connectivity index (χ0) is 21.0. The summed E-state index contributed by atoms with van der Waals surface area (Å²) in [6.45, 7) is 5.68. The Balaban J connectivity index is 1.85. The molecule has 0 spiro atoms. The topological polar surface area (TPSA) is 98.6 Å². The molecular weight excluding hydrogens is 384 g/mol. The average molecular weight is 404 g/mol. The van der Waals surface area contributed by atoms with E-state index in [0.717, 1.165) is 28.6 Å². The molecule has 3 rings (SSSR count). The van der Waals surface area contributed by atoms with Crippen molar-refractivity contribution in [2.24, 2.45) is 0 Å². The van der Waals surface area contributed by atoms with Crippen LogP contribution in [0.2, 0.25) is 0 Å². The molecule has 7 heteroatoms. The number of hydrogen-bond donors (Lipinski definition) is 2. The number of aromatic amines is 1. The number of benzene rings is 2. The number of nitrogens with zero attached hydrogens (tertiary/aromatic N) is 2. The van der Waals surface area contributed by atoms with Gasteiger partial charge in [0, 0.05) is 11.3 Å². The third kappa shape index (κ3) is 4.55. The first kappa shape index (κ1) is 20.4. The Morgan fingerprint density at radius 2 is 1.90 bits per heavy atom. The van der Waals surface area contributed by atoms with E-state index in [-0.39, 0.29) is 16.6 Å². The van der Waals surface area contributed by atoms with E-state index in [1.54, 1.807) is 19.1 Å². The molecule has 0 radical (unpaired) electrons. The Morgan fingerprint density at radius 3 is 2.59 bits per heavy atom. The molecule has 0 bridgehead atoms. The zero-order valence-electron chi connectivity index (χ0n) is 16.3. The van der Waals surface area contributed by atoms with Gasteiger partial charge in [0.2, 0.25) is 5.91 Å². The normalized spacial score (nSPS) is 11.5. The smallest absolute Gasteiger partial charge is 0.270 e. The number of nitriles is 1. The Hall–Kier alpha value is -3.37. The van der Waals surface area contributed by atoms with E-state index in [0.29, 0.717) is 11.3 Å². The number of hydrogen-bond acceptors (Lipinski definition) is 5. The van der Waals surface area contributed by atoms with Gasteiger partial charge >= 0.3 is 0 Å². The summed E-state index contributed by atoms with van der Waals surface area (Å²) in [5, 5.41) is 12.1. The summed E-state index contributed by atoms with van der Waals surface area (Å²) in [5.74, 6) is -0.197. The molecule has 6 nitrogen and oxygen atoms in total. The van der Waals surface area contributed by atoms with E-state index in [1.807, 2.05) is 56.3 Å². The first-order valence-corrected chi connectivity index (χ1v) is 9.92. The molecule has 0 aliphatic heterocycles. The first-order chi connectivity index (χ1) is 13.9. The van der Waals surface area contributed by atoms with E-state index in [2.05, 4.69) is 15.3 Å². The van der Waals surface area contributed by atoms with Gasteiger partial charge in [0.25, 0.3) is 5.56 Å². The molecule has 2 aromatic carbocycles. The van der Waals surface area contributed by atoms with Crippen molar-refractivity contribution in [3.8, 4) is 17.3 Å². The van der Waals surface area contributed by atoms with Gasteiger partial charge < -0.3 is 10.3 Å². The Kier molecular flexibility index (Phi) is 6.15.